The van der Waals surface area contributed by atoms with Crippen molar-refractivity contribution in [2.45, 2.75) is 44.0 Å². The first-order chi connectivity index (χ1) is 6.43. The van der Waals surface area contributed by atoms with Gasteiger partial charge in [-0.2, -0.15) is 0 Å². The van der Waals surface area contributed by atoms with Crippen molar-refractivity contribution in [1.82, 2.24) is 0 Å². The molecule has 2 aliphatic carbocycles. The van der Waals surface area contributed by atoms with Gasteiger partial charge < -0.3 is 9.47 Å². The Labute approximate surface area is 78.6 Å². The summed E-state index contributed by atoms with van der Waals surface area (Å²) in [6, 6.07) is 0. The molecule has 2 aliphatic heterocycles. The fourth-order valence-corrected chi connectivity index (χ4v) is 3.45. The lowest BCUT2D eigenvalue weighted by Gasteiger charge is -2.11. The quantitative estimate of drug-likeness (QED) is 0.610. The van der Waals surface area contributed by atoms with Gasteiger partial charge in [-0.3, -0.25) is 0 Å². The van der Waals surface area contributed by atoms with E-state index < -0.39 is 0 Å². The van der Waals surface area contributed by atoms with Crippen LogP contribution in [0.5, 0.6) is 0 Å². The van der Waals surface area contributed by atoms with Crippen molar-refractivity contribution in [3.05, 3.63) is 0 Å². The van der Waals surface area contributed by atoms with Crippen molar-refractivity contribution in [2.75, 3.05) is 6.61 Å². The fourth-order valence-electron chi connectivity index (χ4n) is 3.45. The third-order valence-corrected chi connectivity index (χ3v) is 4.32. The Morgan fingerprint density at radius 2 is 2.00 bits per heavy atom. The second kappa shape index (κ2) is 2.29. The van der Waals surface area contributed by atoms with Crippen LogP contribution in [0.1, 0.15) is 25.7 Å². The van der Waals surface area contributed by atoms with Crippen molar-refractivity contribution in [2.24, 2.45) is 17.8 Å². The van der Waals surface area contributed by atoms with Gasteiger partial charge in [-0.15, -0.1) is 0 Å². The largest absolute Gasteiger partial charge is 0.378 e. The highest BCUT2D eigenvalue weighted by Gasteiger charge is 2.61. The number of ether oxygens (including phenoxy) is 2. The smallest absolute Gasteiger partial charge is 0.0664 e. The van der Waals surface area contributed by atoms with E-state index in [-0.39, 0.29) is 0 Å². The summed E-state index contributed by atoms with van der Waals surface area (Å²) in [6.45, 7) is 0.997. The first kappa shape index (κ1) is 7.24. The molecule has 4 fully saturated rings. The van der Waals surface area contributed by atoms with E-state index in [2.05, 4.69) is 0 Å². The van der Waals surface area contributed by atoms with Crippen LogP contribution >= 0.6 is 0 Å². The summed E-state index contributed by atoms with van der Waals surface area (Å²) >= 11 is 0. The molecular formula is C11H16O2. The van der Waals surface area contributed by atoms with Crippen LogP contribution in [0.2, 0.25) is 0 Å². The highest BCUT2D eigenvalue weighted by atomic mass is 16.5. The molecule has 0 spiro atoms. The van der Waals surface area contributed by atoms with Crippen LogP contribution in [-0.4, -0.2) is 24.9 Å². The summed E-state index contributed by atoms with van der Waals surface area (Å²) in [5, 5.41) is 0. The summed E-state index contributed by atoms with van der Waals surface area (Å²) in [6.07, 6.45) is 7.19. The maximum absolute atomic E-state index is 5.97. The van der Waals surface area contributed by atoms with Gasteiger partial charge in [-0.1, -0.05) is 0 Å². The average Bonchev–Trinajstić information content (AvgIpc) is 3.03. The Morgan fingerprint density at radius 1 is 1.08 bits per heavy atom. The van der Waals surface area contributed by atoms with Gasteiger partial charge in [0.2, 0.25) is 0 Å². The van der Waals surface area contributed by atoms with Crippen LogP contribution in [0, 0.1) is 17.8 Å². The molecule has 0 radical (unpaired) electrons. The van der Waals surface area contributed by atoms with Crippen molar-refractivity contribution >= 4 is 0 Å². The predicted octanol–water partition coefficient (Wildman–Crippen LogP) is 1.59. The third kappa shape index (κ3) is 0.962. The second-order valence-corrected chi connectivity index (χ2v) is 5.16. The average molecular weight is 180 g/mol. The fraction of sp³-hybridized carbons (Fsp3) is 1.00. The van der Waals surface area contributed by atoms with Gasteiger partial charge in [0.05, 0.1) is 18.3 Å². The summed E-state index contributed by atoms with van der Waals surface area (Å²) < 4.78 is 11.7. The van der Waals surface area contributed by atoms with E-state index in [1.165, 1.54) is 25.7 Å². The third-order valence-electron chi connectivity index (χ3n) is 4.32. The molecule has 6 atom stereocenters. The van der Waals surface area contributed by atoms with E-state index in [1.54, 1.807) is 0 Å². The zero-order valence-electron chi connectivity index (χ0n) is 7.82. The topological polar surface area (TPSA) is 18.5 Å². The molecular weight excluding hydrogens is 164 g/mol. The van der Waals surface area contributed by atoms with E-state index in [4.69, 9.17) is 9.47 Å². The lowest BCUT2D eigenvalue weighted by atomic mass is 10.1. The molecule has 2 nitrogen and oxygen atoms in total. The molecule has 2 saturated carbocycles. The number of hydrogen-bond acceptors (Lipinski definition) is 2. The Morgan fingerprint density at radius 3 is 2.69 bits per heavy atom. The predicted molar refractivity (Wildman–Crippen MR) is 47.3 cm³/mol. The zero-order valence-corrected chi connectivity index (χ0v) is 7.82. The van der Waals surface area contributed by atoms with Crippen molar-refractivity contribution < 1.29 is 9.47 Å². The molecule has 2 heterocycles. The normalized spacial score (nSPS) is 62.8. The minimum Gasteiger partial charge on any atom is -0.378 e. The van der Waals surface area contributed by atoms with Crippen molar-refractivity contribution in [3.8, 4) is 0 Å². The van der Waals surface area contributed by atoms with Crippen LogP contribution in [-0.2, 0) is 9.47 Å². The molecule has 0 aromatic rings. The molecule has 6 unspecified atom stereocenters. The lowest BCUT2D eigenvalue weighted by Crippen LogP contribution is -2.14. The van der Waals surface area contributed by atoms with Crippen molar-refractivity contribution in [3.63, 3.8) is 0 Å². The summed E-state index contributed by atoms with van der Waals surface area (Å²) in [5.74, 6) is 2.60. The highest BCUT2D eigenvalue weighted by Crippen LogP contribution is 2.57. The molecule has 2 saturated heterocycles. The Hall–Kier alpha value is -0.0800. The molecule has 0 bridgehead atoms. The second-order valence-electron chi connectivity index (χ2n) is 5.16. The van der Waals surface area contributed by atoms with Crippen molar-refractivity contribution in [1.29, 1.82) is 0 Å². The highest BCUT2D eigenvalue weighted by molar-refractivity contribution is 5.09. The van der Waals surface area contributed by atoms with Gasteiger partial charge in [-0.05, 0) is 37.5 Å². The zero-order chi connectivity index (χ0) is 8.41. The van der Waals surface area contributed by atoms with Gasteiger partial charge in [0.15, 0.2) is 0 Å². The SMILES string of the molecule is C1COC2C(C1)C2C1CC2CC2O1. The molecule has 4 rings (SSSR count). The Kier molecular flexibility index (Phi) is 1.28. The molecule has 0 amide bonds. The van der Waals surface area contributed by atoms with Crippen LogP contribution in [0.3, 0.4) is 0 Å². The van der Waals surface area contributed by atoms with Gasteiger partial charge in [0.1, 0.15) is 0 Å². The molecule has 0 aromatic heterocycles. The first-order valence-corrected chi connectivity index (χ1v) is 5.70. The maximum Gasteiger partial charge on any atom is 0.0664 e. The van der Waals surface area contributed by atoms with Gasteiger partial charge >= 0.3 is 0 Å². The van der Waals surface area contributed by atoms with Gasteiger partial charge in [0, 0.05) is 12.5 Å². The van der Waals surface area contributed by atoms with Gasteiger partial charge in [0.25, 0.3) is 0 Å². The molecule has 4 aliphatic rings. The molecule has 72 valence electrons. The number of hydrogen-bond donors (Lipinski definition) is 0. The summed E-state index contributed by atoms with van der Waals surface area (Å²) in [7, 11) is 0. The first-order valence-electron chi connectivity index (χ1n) is 5.70. The minimum atomic E-state index is 0.580. The minimum absolute atomic E-state index is 0.580. The van der Waals surface area contributed by atoms with Crippen LogP contribution in [0.4, 0.5) is 0 Å². The molecule has 0 aromatic carbocycles. The van der Waals surface area contributed by atoms with Crippen LogP contribution in [0.25, 0.3) is 0 Å². The summed E-state index contributed by atoms with van der Waals surface area (Å²) in [4.78, 5) is 0. The van der Waals surface area contributed by atoms with E-state index in [0.29, 0.717) is 18.3 Å². The number of fused-ring (bicyclic) bond motifs is 2. The Balaban J connectivity index is 1.46. The number of rotatable bonds is 1. The standard InChI is InChI=1S/C11H16O2/c1-2-7-10(11(7)12-3-1)9-5-6-4-8(6)13-9/h6-11H,1-5H2. The summed E-state index contributed by atoms with van der Waals surface area (Å²) in [5.41, 5.74) is 0. The van der Waals surface area contributed by atoms with E-state index in [0.717, 1.165) is 24.4 Å². The maximum atomic E-state index is 5.97. The van der Waals surface area contributed by atoms with Crippen LogP contribution < -0.4 is 0 Å². The molecule has 2 heteroatoms. The lowest BCUT2D eigenvalue weighted by molar-refractivity contribution is 0.0299. The van der Waals surface area contributed by atoms with Crippen LogP contribution in [0.15, 0.2) is 0 Å². The van der Waals surface area contributed by atoms with E-state index >= 15 is 0 Å². The monoisotopic (exact) mass is 180 g/mol. The molecule has 13 heavy (non-hydrogen) atoms. The van der Waals surface area contributed by atoms with E-state index in [1.807, 2.05) is 0 Å². The molecule has 0 N–H and O–H groups in total. The Bertz CT molecular complexity index is 218. The van der Waals surface area contributed by atoms with E-state index in [9.17, 15) is 0 Å². The van der Waals surface area contributed by atoms with Gasteiger partial charge in [-0.25, -0.2) is 0 Å².